The summed E-state index contributed by atoms with van der Waals surface area (Å²) in [6.45, 7) is 1.24. The van der Waals surface area contributed by atoms with Crippen LogP contribution in [0.1, 0.15) is 42.8 Å². The van der Waals surface area contributed by atoms with E-state index in [1.54, 1.807) is 24.3 Å². The first-order valence-electron chi connectivity index (χ1n) is 11.0. The summed E-state index contributed by atoms with van der Waals surface area (Å²) in [5, 5.41) is 3.09. The average Bonchev–Trinajstić information content (AvgIpc) is 3.78. The van der Waals surface area contributed by atoms with Crippen molar-refractivity contribution in [1.82, 2.24) is 5.32 Å². The number of ether oxygens (including phenoxy) is 1. The number of amides is 1. The van der Waals surface area contributed by atoms with Crippen molar-refractivity contribution in [2.45, 2.75) is 44.8 Å². The van der Waals surface area contributed by atoms with Gasteiger partial charge in [0.1, 0.15) is 5.54 Å². The second-order valence-corrected chi connectivity index (χ2v) is 6.56. The first-order valence-corrected chi connectivity index (χ1v) is 11.3. The highest BCUT2D eigenvalue weighted by Crippen LogP contribution is 2.38. The standard InChI is InChI=1S/C18H18ClNO6.19F2.FH/c1-11-14(26-17(23)25-11)10-24-16(22)20-18(9-5-4-8-15(18)21)12-6-2-3-7-13(12)19;19*1-2;/h2-3,6-7H,4-5,8-10H2,1H3,(H,20,22);;;;;;;;;;;;;;;;;;;;1H/t18-;;;;;;;;;;;;;;;;;;;;/m0..................../s1. The highest BCUT2D eigenvalue weighted by atomic mass is 35.5. The Balaban J connectivity index is -0.0000000299. The second-order valence-electron chi connectivity index (χ2n) is 6.15. The van der Waals surface area contributed by atoms with Gasteiger partial charge in [-0.3, -0.25) is 9.50 Å². The zero-order valence-electron chi connectivity index (χ0n) is 28.9. The number of rotatable bonds is 4. The number of halogens is 40. The Hall–Kier alpha value is -5.27. The van der Waals surface area contributed by atoms with Crippen LogP contribution < -0.4 is 11.1 Å². The van der Waals surface area contributed by atoms with Gasteiger partial charge >= 0.3 is 11.9 Å². The number of carbonyl (C=O) groups is 2. The predicted molar refractivity (Wildman–Crippen MR) is 137 cm³/mol. The number of hydrogen-bond acceptors (Lipinski definition) is 6. The van der Waals surface area contributed by atoms with E-state index >= 15 is 0 Å². The molecule has 1 fully saturated rings. The summed E-state index contributed by atoms with van der Waals surface area (Å²) in [5.41, 5.74) is -0.672. The van der Waals surface area contributed by atoms with Crippen LogP contribution in [0.15, 0.2) is 37.9 Å². The minimum Gasteiger partial charge on any atom is -0.441 e. The summed E-state index contributed by atoms with van der Waals surface area (Å²) in [4.78, 5) is 36.1. The minimum atomic E-state index is -1.22. The third-order valence-electron chi connectivity index (χ3n) is 4.50. The van der Waals surface area contributed by atoms with E-state index in [0.29, 0.717) is 23.4 Å². The van der Waals surface area contributed by atoms with Crippen LogP contribution >= 0.6 is 11.6 Å². The summed E-state index contributed by atoms with van der Waals surface area (Å²) in [5.74, 6) is -0.624. The number of aryl methyl sites for hydroxylation is 1. The Morgan fingerprint density at radius 3 is 1.12 bits per heavy atom. The molecule has 412 valence electrons. The van der Waals surface area contributed by atoms with Crippen LogP contribution in [0.5, 0.6) is 0 Å². The molecule has 7 nitrogen and oxygen atoms in total. The number of nitrogens with one attached hydrogen (secondary N) is 1. The van der Waals surface area contributed by atoms with E-state index in [9.17, 15) is 14.4 Å². The molecule has 0 bridgehead atoms. The van der Waals surface area contributed by atoms with Gasteiger partial charge in [-0.25, -0.2) is 9.59 Å². The normalized spacial score (nSPS) is 9.75. The smallest absolute Gasteiger partial charge is 0.441 e. The topological polar surface area (TPSA) is 98.8 Å². The van der Waals surface area contributed by atoms with Crippen molar-refractivity contribution < 1.29 is 202 Å². The van der Waals surface area contributed by atoms with E-state index in [1.165, 1.54) is 6.92 Å². The molecule has 0 radical (unpaired) electrons. The number of alkyl carbamates (subject to hydrolysis) is 1. The van der Waals surface area contributed by atoms with E-state index < -0.39 is 17.5 Å². The van der Waals surface area contributed by atoms with E-state index in [4.69, 9.17) is 199 Å². The molecule has 1 aromatic carbocycles. The van der Waals surface area contributed by atoms with Crippen molar-refractivity contribution in [3.05, 3.63) is 57.0 Å². The molecule has 1 saturated carbocycles. The molecule has 1 aliphatic carbocycles. The quantitative estimate of drug-likeness (QED) is 0.306. The second kappa shape index (κ2) is 162. The fourth-order valence-electron chi connectivity index (χ4n) is 3.17. The zero-order valence-corrected chi connectivity index (χ0v) is 29.7. The van der Waals surface area contributed by atoms with Crippen molar-refractivity contribution >= 4 is 23.5 Å². The molecule has 0 unspecified atom stereocenters. The number of benzene rings is 1. The van der Waals surface area contributed by atoms with E-state index in [-0.39, 0.29) is 28.6 Å². The average molecular weight is 1120 g/mol. The molecule has 1 heterocycles. The maximum Gasteiger partial charge on any atom is 0.519 e. The van der Waals surface area contributed by atoms with E-state index in [2.05, 4.69) is 5.32 Å². The Labute approximate surface area is 333 Å². The first kappa shape index (κ1) is 118. The van der Waals surface area contributed by atoms with Crippen LogP contribution in [-0.4, -0.2) is 11.9 Å². The molecule has 1 aliphatic rings. The summed E-state index contributed by atoms with van der Waals surface area (Å²) in [6, 6.07) is 6.93. The molecule has 3 rings (SSSR count). The SMILES string of the molecule is Cc1oc(=O)oc1COC(=O)N[C@]1(c2ccccc2Cl)CCCCC1=O.F.FF.FF.FF.FF.FF.FF.FF.FF.FF.FF.FF.FF.FF.FF.FF.FF.FF.FF.FF. The summed E-state index contributed by atoms with van der Waals surface area (Å²) in [6.07, 6.45) is 1.52. The predicted octanol–water partition coefficient (Wildman–Crippen LogP) is 19.6. The Kier molecular flexibility index (Phi) is 295. The molecular weight excluding hydrogens is 1100 g/mol. The third-order valence-corrected chi connectivity index (χ3v) is 4.83. The van der Waals surface area contributed by atoms with Gasteiger partial charge in [-0.05, 0) is 32.3 Å². The van der Waals surface area contributed by atoms with Crippen molar-refractivity contribution in [3.63, 3.8) is 0 Å². The molecule has 0 saturated heterocycles. The summed E-state index contributed by atoms with van der Waals surface area (Å²) >= 11 is 6.29. The minimum absolute atomic E-state index is 0. The highest BCUT2D eigenvalue weighted by molar-refractivity contribution is 6.31. The maximum atomic E-state index is 12.7. The molecule has 1 atom stereocenters. The third kappa shape index (κ3) is 83.0. The number of Topliss-reactive ketones (excluding diaryl/α,β-unsaturated/α-hetero) is 1. The largest absolute Gasteiger partial charge is 0.519 e. The van der Waals surface area contributed by atoms with Gasteiger partial charge in [-0.15, -0.1) is 0 Å². The van der Waals surface area contributed by atoms with Gasteiger partial charge in [0.05, 0.1) is 0 Å². The molecule has 47 heteroatoms. The van der Waals surface area contributed by atoms with Crippen LogP contribution in [0.3, 0.4) is 0 Å². The van der Waals surface area contributed by atoms with Gasteiger partial charge in [0.25, 0.3) is 0 Å². The Morgan fingerprint density at radius 2 is 0.862 bits per heavy atom. The Bertz CT molecular complexity index is 949. The number of ketones is 1. The first-order chi connectivity index (χ1) is 31.4. The van der Waals surface area contributed by atoms with Crippen LogP contribution in [0.25, 0.3) is 0 Å². The van der Waals surface area contributed by atoms with Crippen LogP contribution in [0.2, 0.25) is 5.02 Å². The van der Waals surface area contributed by atoms with Crippen LogP contribution in [0, 0.1) is 6.92 Å². The maximum absolute atomic E-state index is 12.7. The summed E-state index contributed by atoms with van der Waals surface area (Å²) in [7, 11) is 0. The van der Waals surface area contributed by atoms with Gasteiger partial charge in [0.15, 0.2) is 23.9 Å². The molecule has 0 spiro atoms. The number of hydrogen-bond donors (Lipinski definition) is 1. The monoisotopic (exact) mass is 1120 g/mol. The number of carbonyl (C=O) groups excluding carboxylic acids is 2. The van der Waals surface area contributed by atoms with Gasteiger partial charge in [0.2, 0.25) is 0 Å². The van der Waals surface area contributed by atoms with E-state index in [0.717, 1.165) is 12.8 Å². The van der Waals surface area contributed by atoms with Crippen molar-refractivity contribution in [2.75, 3.05) is 0 Å². The highest BCUT2D eigenvalue weighted by Gasteiger charge is 2.44. The molecule has 2 aromatic rings. The lowest BCUT2D eigenvalue weighted by Gasteiger charge is -2.37. The fourth-order valence-corrected chi connectivity index (χ4v) is 3.47. The molecule has 65 heavy (non-hydrogen) atoms. The van der Waals surface area contributed by atoms with Gasteiger partial charge in [0, 0.05) is 191 Å². The van der Waals surface area contributed by atoms with Crippen LogP contribution in [-0.2, 0) is 21.7 Å². The summed E-state index contributed by atoms with van der Waals surface area (Å²) < 4.78 is 319. The fraction of sp³-hybridized carbons (Fsp3) is 0.389. The van der Waals surface area contributed by atoms with Gasteiger partial charge < -0.3 is 18.9 Å². The van der Waals surface area contributed by atoms with E-state index in [1.807, 2.05) is 0 Å². The molecule has 0 aliphatic heterocycles. The lowest BCUT2D eigenvalue weighted by molar-refractivity contribution is -0.127. The lowest BCUT2D eigenvalue weighted by atomic mass is 9.75. The zero-order chi connectivity index (χ0) is 56.7. The van der Waals surface area contributed by atoms with Crippen LogP contribution in [0.4, 0.5) is 183 Å². The van der Waals surface area contributed by atoms with Crippen molar-refractivity contribution in [3.8, 4) is 0 Å². The molecular formula is C18H19ClF39NO6. The van der Waals surface area contributed by atoms with Gasteiger partial charge in [-0.2, -0.15) is 0 Å². The molecule has 1 aromatic heterocycles. The Morgan fingerprint density at radius 1 is 0.554 bits per heavy atom. The van der Waals surface area contributed by atoms with Gasteiger partial charge in [-0.1, -0.05) is 29.8 Å². The van der Waals surface area contributed by atoms with Crippen molar-refractivity contribution in [2.24, 2.45) is 0 Å². The lowest BCUT2D eigenvalue weighted by Crippen LogP contribution is -2.53. The molecule has 1 N–H and O–H groups in total. The van der Waals surface area contributed by atoms with Crippen molar-refractivity contribution in [1.29, 1.82) is 0 Å². The molecule has 1 amide bonds.